The number of hydrogen-bond acceptors (Lipinski definition) is 7. The van der Waals surface area contributed by atoms with Crippen molar-refractivity contribution in [1.29, 1.82) is 0 Å². The van der Waals surface area contributed by atoms with Crippen LogP contribution in [0, 0.1) is 0 Å². The number of benzene rings is 4. The van der Waals surface area contributed by atoms with Gasteiger partial charge in [-0.2, -0.15) is 0 Å². The van der Waals surface area contributed by atoms with Crippen LogP contribution in [-0.4, -0.2) is 30.3 Å². The second-order valence-electron chi connectivity index (χ2n) is 8.91. The maximum absolute atomic E-state index is 12.6. The van der Waals surface area contributed by atoms with Gasteiger partial charge < -0.3 is 29.4 Å². The third-order valence-electron chi connectivity index (χ3n) is 6.04. The van der Waals surface area contributed by atoms with E-state index in [1.165, 1.54) is 7.11 Å². The van der Waals surface area contributed by atoms with Gasteiger partial charge in [-0.15, -0.1) is 0 Å². The first-order chi connectivity index (χ1) is 19.5. The fourth-order valence-electron chi connectivity index (χ4n) is 3.89. The van der Waals surface area contributed by atoms with Crippen molar-refractivity contribution in [3.8, 4) is 11.5 Å². The van der Waals surface area contributed by atoms with Crippen molar-refractivity contribution in [2.24, 2.45) is 0 Å². The van der Waals surface area contributed by atoms with Crippen molar-refractivity contribution >= 4 is 12.1 Å². The van der Waals surface area contributed by atoms with E-state index in [4.69, 9.17) is 18.9 Å². The predicted octanol–water partition coefficient (Wildman–Crippen LogP) is 5.35. The molecular weight excluding hydrogens is 510 g/mol. The van der Waals surface area contributed by atoms with Crippen LogP contribution in [0.4, 0.5) is 4.79 Å². The Kier molecular flexibility index (Phi) is 10.1. The van der Waals surface area contributed by atoms with Gasteiger partial charge in [0.05, 0.1) is 7.11 Å². The third kappa shape index (κ3) is 8.09. The molecule has 8 heteroatoms. The zero-order valence-electron chi connectivity index (χ0n) is 22.1. The summed E-state index contributed by atoms with van der Waals surface area (Å²) in [6.07, 6.45) is -2.33. The average molecular weight is 542 g/mol. The summed E-state index contributed by atoms with van der Waals surface area (Å²) in [7, 11) is 1.17. The van der Waals surface area contributed by atoms with Gasteiger partial charge in [-0.3, -0.25) is 0 Å². The minimum atomic E-state index is -1.46. The van der Waals surface area contributed by atoms with Crippen LogP contribution in [0.2, 0.25) is 0 Å². The van der Waals surface area contributed by atoms with E-state index >= 15 is 0 Å². The Hall–Kier alpha value is -4.82. The molecular formula is C32H31NO7. The van der Waals surface area contributed by atoms with Crippen molar-refractivity contribution in [3.05, 3.63) is 131 Å². The average Bonchev–Trinajstić information content (AvgIpc) is 3.01. The standard InChI is InChI=1S/C32H31NO7/c1-37-31(35)29(33-32(36)40-22-25-15-9-4-10-16-25)30(34)26-17-18-27(38-20-23-11-5-2-6-12-23)28(19-26)39-21-24-13-7-3-8-14-24/h2-19,29-30,34H,20-22H2,1H3,(H,33,36)/t29-,30?/m1/s1. The fraction of sp³-hybridized carbons (Fsp3) is 0.188. The molecule has 0 bridgehead atoms. The van der Waals surface area contributed by atoms with Gasteiger partial charge in [0.15, 0.2) is 17.5 Å². The number of methoxy groups -OCH3 is 1. The lowest BCUT2D eigenvalue weighted by molar-refractivity contribution is -0.146. The van der Waals surface area contributed by atoms with Gasteiger partial charge in [-0.25, -0.2) is 9.59 Å². The molecule has 0 spiro atoms. The normalized spacial score (nSPS) is 12.1. The lowest BCUT2D eigenvalue weighted by Gasteiger charge is -2.23. The summed E-state index contributed by atoms with van der Waals surface area (Å²) < 4.78 is 22.2. The minimum Gasteiger partial charge on any atom is -0.485 e. The van der Waals surface area contributed by atoms with Crippen LogP contribution >= 0.6 is 0 Å². The van der Waals surface area contributed by atoms with Crippen molar-refractivity contribution in [2.75, 3.05) is 7.11 Å². The SMILES string of the molecule is COC(=O)[C@H](NC(=O)OCc1ccccc1)C(O)c1ccc(OCc2ccccc2)c(OCc2ccccc2)c1. The quantitative estimate of drug-likeness (QED) is 0.233. The van der Waals surface area contributed by atoms with Gasteiger partial charge in [0, 0.05) is 0 Å². The number of esters is 1. The van der Waals surface area contributed by atoms with Crippen LogP contribution < -0.4 is 14.8 Å². The topological polar surface area (TPSA) is 103 Å². The molecule has 0 aliphatic heterocycles. The Labute approximate surface area is 233 Å². The molecule has 0 radical (unpaired) electrons. The van der Waals surface area contributed by atoms with Crippen LogP contribution in [0.15, 0.2) is 109 Å². The largest absolute Gasteiger partial charge is 0.485 e. The highest BCUT2D eigenvalue weighted by atomic mass is 16.6. The van der Waals surface area contributed by atoms with Crippen molar-refractivity contribution in [3.63, 3.8) is 0 Å². The van der Waals surface area contributed by atoms with Gasteiger partial charge >= 0.3 is 12.1 Å². The molecule has 2 atom stereocenters. The number of nitrogens with one attached hydrogen (secondary N) is 1. The molecule has 1 unspecified atom stereocenters. The Morgan fingerprint density at radius 1 is 0.700 bits per heavy atom. The monoisotopic (exact) mass is 541 g/mol. The number of amides is 1. The zero-order chi connectivity index (χ0) is 28.2. The number of ether oxygens (including phenoxy) is 4. The highest BCUT2D eigenvalue weighted by Crippen LogP contribution is 2.33. The summed E-state index contributed by atoms with van der Waals surface area (Å²) in [6, 6.07) is 31.8. The summed E-state index contributed by atoms with van der Waals surface area (Å²) in [5.74, 6) is -0.00694. The van der Waals surface area contributed by atoms with Crippen molar-refractivity contribution in [1.82, 2.24) is 5.32 Å². The first-order valence-corrected chi connectivity index (χ1v) is 12.7. The number of aliphatic hydroxyl groups is 1. The van der Waals surface area contributed by atoms with E-state index in [1.807, 2.05) is 78.9 Å². The van der Waals surface area contributed by atoms with Crippen LogP contribution in [0.3, 0.4) is 0 Å². The minimum absolute atomic E-state index is 0.00157. The second-order valence-corrected chi connectivity index (χ2v) is 8.91. The molecule has 0 aliphatic rings. The molecule has 2 N–H and O–H groups in total. The summed E-state index contributed by atoms with van der Waals surface area (Å²) in [5.41, 5.74) is 3.01. The van der Waals surface area contributed by atoms with Crippen molar-refractivity contribution in [2.45, 2.75) is 32.0 Å². The number of aliphatic hydroxyl groups excluding tert-OH is 1. The van der Waals surface area contributed by atoms with E-state index in [2.05, 4.69) is 5.32 Å². The number of rotatable bonds is 12. The first kappa shape index (κ1) is 28.2. The molecule has 0 aromatic heterocycles. The lowest BCUT2D eigenvalue weighted by atomic mass is 10.0. The third-order valence-corrected chi connectivity index (χ3v) is 6.04. The zero-order valence-corrected chi connectivity index (χ0v) is 22.1. The van der Waals surface area contributed by atoms with Gasteiger partial charge in [0.25, 0.3) is 0 Å². The number of carbonyl (C=O) groups is 2. The molecule has 8 nitrogen and oxygen atoms in total. The Bertz CT molecular complexity index is 1360. The predicted molar refractivity (Wildman–Crippen MR) is 149 cm³/mol. The maximum Gasteiger partial charge on any atom is 0.408 e. The van der Waals surface area contributed by atoms with E-state index in [9.17, 15) is 14.7 Å². The summed E-state index contributed by atoms with van der Waals surface area (Å²) in [4.78, 5) is 25.0. The van der Waals surface area contributed by atoms with E-state index in [0.717, 1.165) is 16.7 Å². The Balaban J connectivity index is 1.51. The fourth-order valence-corrected chi connectivity index (χ4v) is 3.89. The van der Waals surface area contributed by atoms with Gasteiger partial charge in [-0.1, -0.05) is 97.1 Å². The molecule has 4 aromatic rings. The molecule has 206 valence electrons. The molecule has 40 heavy (non-hydrogen) atoms. The maximum atomic E-state index is 12.6. The molecule has 0 heterocycles. The summed E-state index contributed by atoms with van der Waals surface area (Å²) >= 11 is 0. The summed E-state index contributed by atoms with van der Waals surface area (Å²) in [6.45, 7) is 0.568. The van der Waals surface area contributed by atoms with E-state index in [1.54, 1.807) is 30.3 Å². The van der Waals surface area contributed by atoms with Crippen molar-refractivity contribution < 1.29 is 33.6 Å². The number of carbonyl (C=O) groups excluding carboxylic acids is 2. The van der Waals surface area contributed by atoms with Gasteiger partial charge in [0.1, 0.15) is 25.9 Å². The van der Waals surface area contributed by atoms with Crippen LogP contribution in [0.5, 0.6) is 11.5 Å². The van der Waals surface area contributed by atoms with E-state index < -0.39 is 24.2 Å². The van der Waals surface area contributed by atoms with Gasteiger partial charge in [-0.05, 0) is 34.4 Å². The Morgan fingerprint density at radius 3 is 1.73 bits per heavy atom. The lowest BCUT2D eigenvalue weighted by Crippen LogP contribution is -2.45. The first-order valence-electron chi connectivity index (χ1n) is 12.7. The molecule has 0 saturated carbocycles. The molecule has 4 rings (SSSR count). The Morgan fingerprint density at radius 2 is 1.20 bits per heavy atom. The molecule has 4 aromatic carbocycles. The second kappa shape index (κ2) is 14.4. The molecule has 0 aliphatic carbocycles. The number of hydrogen-bond donors (Lipinski definition) is 2. The van der Waals surface area contributed by atoms with Crippen LogP contribution in [0.25, 0.3) is 0 Å². The smallest absolute Gasteiger partial charge is 0.408 e. The van der Waals surface area contributed by atoms with E-state index in [0.29, 0.717) is 23.7 Å². The molecule has 0 saturated heterocycles. The van der Waals surface area contributed by atoms with E-state index in [-0.39, 0.29) is 13.2 Å². The van der Waals surface area contributed by atoms with Crippen LogP contribution in [0.1, 0.15) is 28.4 Å². The molecule has 0 fully saturated rings. The van der Waals surface area contributed by atoms with Crippen LogP contribution in [-0.2, 0) is 34.1 Å². The highest BCUT2D eigenvalue weighted by molar-refractivity contribution is 5.82. The summed E-state index contributed by atoms with van der Waals surface area (Å²) in [5, 5.41) is 13.6. The van der Waals surface area contributed by atoms with Gasteiger partial charge in [0.2, 0.25) is 0 Å². The molecule has 1 amide bonds. The highest BCUT2D eigenvalue weighted by Gasteiger charge is 2.32. The number of alkyl carbamates (subject to hydrolysis) is 1.